The highest BCUT2D eigenvalue weighted by molar-refractivity contribution is 5.95. The predicted molar refractivity (Wildman–Crippen MR) is 82.0 cm³/mol. The van der Waals surface area contributed by atoms with Gasteiger partial charge in [-0.3, -0.25) is 4.79 Å². The number of carbonyl (C=O) groups is 1. The Morgan fingerprint density at radius 1 is 1.26 bits per heavy atom. The van der Waals surface area contributed by atoms with E-state index in [0.29, 0.717) is 17.5 Å². The normalized spacial score (nSPS) is 20.3. The average molecular weight is 310 g/mol. The molecular formula is C18H15FN2O2. The monoisotopic (exact) mass is 310 g/mol. The number of halogens is 1. The number of amides is 1. The van der Waals surface area contributed by atoms with Crippen molar-refractivity contribution in [3.05, 3.63) is 71.0 Å². The number of aliphatic hydroxyl groups excluding tert-OH is 1. The lowest BCUT2D eigenvalue weighted by molar-refractivity contribution is 0.0716. The highest BCUT2D eigenvalue weighted by Crippen LogP contribution is 2.33. The Morgan fingerprint density at radius 2 is 2.00 bits per heavy atom. The molecule has 1 heterocycles. The summed E-state index contributed by atoms with van der Waals surface area (Å²) in [7, 11) is 0. The Kier molecular flexibility index (Phi) is 4.09. The van der Waals surface area contributed by atoms with Crippen molar-refractivity contribution in [1.82, 2.24) is 4.90 Å². The number of benzene rings is 2. The molecule has 0 unspecified atom stereocenters. The van der Waals surface area contributed by atoms with Gasteiger partial charge in [0, 0.05) is 12.1 Å². The quantitative estimate of drug-likeness (QED) is 0.927. The van der Waals surface area contributed by atoms with E-state index in [1.165, 1.54) is 18.2 Å². The van der Waals surface area contributed by atoms with Gasteiger partial charge in [0.15, 0.2) is 0 Å². The topological polar surface area (TPSA) is 64.3 Å². The summed E-state index contributed by atoms with van der Waals surface area (Å²) in [5, 5.41) is 18.9. The summed E-state index contributed by atoms with van der Waals surface area (Å²) in [5.74, 6) is -0.583. The second kappa shape index (κ2) is 6.19. The van der Waals surface area contributed by atoms with Crippen molar-refractivity contribution in [3.63, 3.8) is 0 Å². The molecule has 0 bridgehead atoms. The van der Waals surface area contributed by atoms with E-state index in [1.54, 1.807) is 35.2 Å². The van der Waals surface area contributed by atoms with Crippen LogP contribution in [0.4, 0.5) is 4.39 Å². The lowest BCUT2D eigenvalue weighted by Gasteiger charge is -2.25. The van der Waals surface area contributed by atoms with E-state index in [9.17, 15) is 14.3 Å². The SMILES string of the molecule is N#Cc1cccc(C(=O)N2C[C@H](O)C[C@H]2c2ccc(F)cc2)c1. The first-order valence-electron chi connectivity index (χ1n) is 7.33. The van der Waals surface area contributed by atoms with Crippen LogP contribution < -0.4 is 0 Å². The van der Waals surface area contributed by atoms with Crippen LogP contribution in [0.25, 0.3) is 0 Å². The maximum Gasteiger partial charge on any atom is 0.254 e. The minimum Gasteiger partial charge on any atom is -0.391 e. The number of nitriles is 1. The van der Waals surface area contributed by atoms with Crippen LogP contribution in [0.5, 0.6) is 0 Å². The molecule has 2 aromatic rings. The summed E-state index contributed by atoms with van der Waals surface area (Å²) in [5.41, 5.74) is 1.60. The lowest BCUT2D eigenvalue weighted by Crippen LogP contribution is -2.31. The Hall–Kier alpha value is -2.71. The third-order valence-electron chi connectivity index (χ3n) is 4.03. The van der Waals surface area contributed by atoms with Gasteiger partial charge in [0.2, 0.25) is 0 Å². The molecule has 4 nitrogen and oxygen atoms in total. The summed E-state index contributed by atoms with van der Waals surface area (Å²) < 4.78 is 13.1. The van der Waals surface area contributed by atoms with Crippen LogP contribution in [-0.2, 0) is 0 Å². The summed E-state index contributed by atoms with van der Waals surface area (Å²) in [4.78, 5) is 14.3. The zero-order valence-electron chi connectivity index (χ0n) is 12.3. The Balaban J connectivity index is 1.91. The van der Waals surface area contributed by atoms with Gasteiger partial charge >= 0.3 is 0 Å². The van der Waals surface area contributed by atoms with Gasteiger partial charge in [-0.1, -0.05) is 18.2 Å². The molecule has 0 saturated carbocycles. The van der Waals surface area contributed by atoms with Crippen molar-refractivity contribution in [2.24, 2.45) is 0 Å². The van der Waals surface area contributed by atoms with E-state index in [0.717, 1.165) is 5.56 Å². The third-order valence-corrected chi connectivity index (χ3v) is 4.03. The second-order valence-electron chi connectivity index (χ2n) is 5.61. The van der Waals surface area contributed by atoms with Crippen LogP contribution in [0, 0.1) is 17.1 Å². The van der Waals surface area contributed by atoms with Gasteiger partial charge in [0.05, 0.1) is 23.8 Å². The molecule has 1 aliphatic rings. The minimum atomic E-state index is -0.617. The van der Waals surface area contributed by atoms with E-state index >= 15 is 0 Å². The summed E-state index contributed by atoms with van der Waals surface area (Å²) in [6.07, 6.45) is -0.205. The smallest absolute Gasteiger partial charge is 0.254 e. The zero-order chi connectivity index (χ0) is 16.4. The number of carbonyl (C=O) groups excluding carboxylic acids is 1. The minimum absolute atomic E-state index is 0.220. The number of nitrogens with zero attached hydrogens (tertiary/aromatic N) is 2. The van der Waals surface area contributed by atoms with Gasteiger partial charge < -0.3 is 10.0 Å². The molecule has 0 radical (unpaired) electrons. The first kappa shape index (κ1) is 15.2. The summed E-state index contributed by atoms with van der Waals surface area (Å²) >= 11 is 0. The first-order chi connectivity index (χ1) is 11.1. The van der Waals surface area contributed by atoms with Crippen molar-refractivity contribution in [2.75, 3.05) is 6.54 Å². The fourth-order valence-electron chi connectivity index (χ4n) is 2.93. The van der Waals surface area contributed by atoms with Gasteiger partial charge in [-0.05, 0) is 42.3 Å². The van der Waals surface area contributed by atoms with Crippen molar-refractivity contribution < 1.29 is 14.3 Å². The Labute approximate surface area is 133 Å². The van der Waals surface area contributed by atoms with E-state index in [-0.39, 0.29) is 24.3 Å². The molecule has 116 valence electrons. The zero-order valence-corrected chi connectivity index (χ0v) is 12.3. The number of likely N-dealkylation sites (tertiary alicyclic amines) is 1. The van der Waals surface area contributed by atoms with Crippen LogP contribution in [-0.4, -0.2) is 28.6 Å². The van der Waals surface area contributed by atoms with Crippen molar-refractivity contribution in [1.29, 1.82) is 5.26 Å². The first-order valence-corrected chi connectivity index (χ1v) is 7.33. The van der Waals surface area contributed by atoms with Crippen LogP contribution in [0.1, 0.15) is 33.9 Å². The molecule has 0 spiro atoms. The van der Waals surface area contributed by atoms with Crippen LogP contribution >= 0.6 is 0 Å². The van der Waals surface area contributed by atoms with Crippen molar-refractivity contribution in [2.45, 2.75) is 18.6 Å². The fourth-order valence-corrected chi connectivity index (χ4v) is 2.93. The summed E-state index contributed by atoms with van der Waals surface area (Å²) in [6, 6.07) is 14.1. The maximum atomic E-state index is 13.1. The van der Waals surface area contributed by atoms with E-state index in [4.69, 9.17) is 5.26 Å². The molecule has 1 N–H and O–H groups in total. The lowest BCUT2D eigenvalue weighted by atomic mass is 10.0. The molecule has 0 aliphatic carbocycles. The standard InChI is InChI=1S/C18H15FN2O2/c19-15-6-4-13(5-7-15)17-9-16(22)11-21(17)18(23)14-3-1-2-12(8-14)10-20/h1-8,16-17,22H,9,11H2/t16-,17+/m1/s1. The fraction of sp³-hybridized carbons (Fsp3) is 0.222. The largest absolute Gasteiger partial charge is 0.391 e. The van der Waals surface area contributed by atoms with Gasteiger partial charge in [0.1, 0.15) is 5.82 Å². The summed E-state index contributed by atoms with van der Waals surface area (Å²) in [6.45, 7) is 0.220. The molecule has 2 aromatic carbocycles. The predicted octanol–water partition coefficient (Wildman–Crippen LogP) is 2.65. The van der Waals surface area contributed by atoms with Gasteiger partial charge in [-0.25, -0.2) is 4.39 Å². The molecule has 1 fully saturated rings. The molecule has 1 aliphatic heterocycles. The van der Waals surface area contributed by atoms with Crippen molar-refractivity contribution >= 4 is 5.91 Å². The highest BCUT2D eigenvalue weighted by atomic mass is 19.1. The molecule has 23 heavy (non-hydrogen) atoms. The van der Waals surface area contributed by atoms with Gasteiger partial charge in [0.25, 0.3) is 5.91 Å². The molecule has 1 saturated heterocycles. The number of aliphatic hydroxyl groups is 1. The average Bonchev–Trinajstić information content (AvgIpc) is 2.96. The second-order valence-corrected chi connectivity index (χ2v) is 5.61. The van der Waals surface area contributed by atoms with Crippen LogP contribution in [0.15, 0.2) is 48.5 Å². The molecule has 5 heteroatoms. The highest BCUT2D eigenvalue weighted by Gasteiger charge is 2.35. The maximum absolute atomic E-state index is 13.1. The third kappa shape index (κ3) is 3.08. The molecule has 2 atom stereocenters. The molecule has 1 amide bonds. The van der Waals surface area contributed by atoms with E-state index in [1.807, 2.05) is 6.07 Å². The van der Waals surface area contributed by atoms with Gasteiger partial charge in [-0.2, -0.15) is 5.26 Å². The Morgan fingerprint density at radius 3 is 2.70 bits per heavy atom. The number of β-amino-alcohol motifs (C(OH)–C–C–N with tert-alkyl or cyclic N) is 1. The number of hydrogen-bond donors (Lipinski definition) is 1. The van der Waals surface area contributed by atoms with E-state index in [2.05, 4.69) is 0 Å². The molecule has 3 rings (SSSR count). The van der Waals surface area contributed by atoms with Crippen LogP contribution in [0.3, 0.4) is 0 Å². The number of hydrogen-bond acceptors (Lipinski definition) is 3. The van der Waals surface area contributed by atoms with Gasteiger partial charge in [-0.15, -0.1) is 0 Å². The number of rotatable bonds is 2. The van der Waals surface area contributed by atoms with Crippen LogP contribution in [0.2, 0.25) is 0 Å². The Bertz CT molecular complexity index is 767. The molecular weight excluding hydrogens is 295 g/mol. The van der Waals surface area contributed by atoms with Crippen molar-refractivity contribution in [3.8, 4) is 6.07 Å². The van der Waals surface area contributed by atoms with E-state index < -0.39 is 6.10 Å². The molecule has 0 aromatic heterocycles.